The van der Waals surface area contributed by atoms with Crippen molar-refractivity contribution in [3.05, 3.63) is 33.6 Å². The summed E-state index contributed by atoms with van der Waals surface area (Å²) in [5, 5.41) is 5.50. The number of methoxy groups -OCH3 is 3. The molecule has 4 rings (SSSR count). The van der Waals surface area contributed by atoms with Crippen molar-refractivity contribution in [3.8, 4) is 17.2 Å². The SMILES string of the molecule is COc1cc([C@H]2SCC(=O)Nc3c2c(=O)[nH]n3C2CCOCC2)cc(OC)c1OC. The van der Waals surface area contributed by atoms with Crippen LogP contribution in [-0.2, 0) is 9.53 Å². The molecular formula is C20H25N3O6S. The van der Waals surface area contributed by atoms with Crippen LogP contribution in [0.4, 0.5) is 5.82 Å². The molecule has 1 aromatic carbocycles. The lowest BCUT2D eigenvalue weighted by molar-refractivity contribution is -0.113. The minimum Gasteiger partial charge on any atom is -0.493 e. The van der Waals surface area contributed by atoms with Gasteiger partial charge in [0.1, 0.15) is 5.82 Å². The van der Waals surface area contributed by atoms with E-state index in [0.717, 1.165) is 18.4 Å². The fourth-order valence-corrected chi connectivity index (χ4v) is 5.08. The number of carbonyl (C=O) groups excluding carboxylic acids is 1. The Balaban J connectivity index is 1.84. The van der Waals surface area contributed by atoms with Gasteiger partial charge in [-0.1, -0.05) is 0 Å². The second-order valence-electron chi connectivity index (χ2n) is 7.11. The van der Waals surface area contributed by atoms with Crippen LogP contribution in [0.15, 0.2) is 16.9 Å². The van der Waals surface area contributed by atoms with Gasteiger partial charge >= 0.3 is 0 Å². The van der Waals surface area contributed by atoms with Crippen LogP contribution in [0.1, 0.15) is 35.3 Å². The first-order valence-electron chi connectivity index (χ1n) is 9.70. The highest BCUT2D eigenvalue weighted by atomic mass is 32.2. The molecule has 1 atom stereocenters. The summed E-state index contributed by atoms with van der Waals surface area (Å²) in [5.74, 6) is 2.08. The van der Waals surface area contributed by atoms with Crippen molar-refractivity contribution < 1.29 is 23.7 Å². The largest absolute Gasteiger partial charge is 0.493 e. The first-order chi connectivity index (χ1) is 14.6. The molecule has 9 nitrogen and oxygen atoms in total. The van der Waals surface area contributed by atoms with E-state index < -0.39 is 0 Å². The Kier molecular flexibility index (Phi) is 5.96. The first kappa shape index (κ1) is 20.7. The minimum absolute atomic E-state index is 0.0687. The number of aromatic nitrogens is 2. The Morgan fingerprint density at radius 3 is 2.33 bits per heavy atom. The van der Waals surface area contributed by atoms with Gasteiger partial charge < -0.3 is 24.3 Å². The van der Waals surface area contributed by atoms with Crippen LogP contribution in [0.5, 0.6) is 17.2 Å². The zero-order chi connectivity index (χ0) is 21.3. The smallest absolute Gasteiger partial charge is 0.270 e. The average Bonchev–Trinajstić information content (AvgIpc) is 2.98. The van der Waals surface area contributed by atoms with Crippen molar-refractivity contribution in [1.82, 2.24) is 9.78 Å². The molecule has 1 saturated heterocycles. The van der Waals surface area contributed by atoms with Gasteiger partial charge in [-0.3, -0.25) is 19.4 Å². The van der Waals surface area contributed by atoms with Crippen molar-refractivity contribution in [1.29, 1.82) is 0 Å². The van der Waals surface area contributed by atoms with Crippen molar-refractivity contribution in [2.45, 2.75) is 24.1 Å². The first-order valence-corrected chi connectivity index (χ1v) is 10.8. The normalized spacial score (nSPS) is 19.6. The second-order valence-corrected chi connectivity index (χ2v) is 8.21. The number of amides is 1. The fraction of sp³-hybridized carbons (Fsp3) is 0.500. The van der Waals surface area contributed by atoms with Crippen LogP contribution in [0.3, 0.4) is 0 Å². The number of nitrogens with zero attached hydrogens (tertiary/aromatic N) is 1. The third-order valence-corrected chi connectivity index (χ3v) is 6.68. The summed E-state index contributed by atoms with van der Waals surface area (Å²) in [4.78, 5) is 25.5. The number of hydrogen-bond acceptors (Lipinski definition) is 7. The van der Waals surface area contributed by atoms with Gasteiger partial charge in [-0.15, -0.1) is 11.8 Å². The Bertz CT molecular complexity index is 970. The molecule has 2 N–H and O–H groups in total. The summed E-state index contributed by atoms with van der Waals surface area (Å²) >= 11 is 1.39. The van der Waals surface area contributed by atoms with E-state index in [1.54, 1.807) is 26.0 Å². The van der Waals surface area contributed by atoms with E-state index in [1.807, 2.05) is 12.1 Å². The molecule has 2 aromatic rings. The Morgan fingerprint density at radius 1 is 1.07 bits per heavy atom. The van der Waals surface area contributed by atoms with Crippen LogP contribution < -0.4 is 25.1 Å². The van der Waals surface area contributed by atoms with Gasteiger partial charge in [-0.05, 0) is 30.5 Å². The lowest BCUT2D eigenvalue weighted by atomic mass is 10.0. The predicted octanol–water partition coefficient (Wildman–Crippen LogP) is 2.33. The minimum atomic E-state index is -0.377. The molecule has 0 unspecified atom stereocenters. The van der Waals surface area contributed by atoms with Gasteiger partial charge in [0.2, 0.25) is 11.7 Å². The van der Waals surface area contributed by atoms with Gasteiger partial charge in [0.05, 0.1) is 43.9 Å². The molecule has 0 saturated carbocycles. The lowest BCUT2D eigenvalue weighted by Gasteiger charge is -2.25. The number of benzene rings is 1. The quantitative estimate of drug-likeness (QED) is 0.743. The molecule has 162 valence electrons. The number of ether oxygens (including phenoxy) is 4. The molecule has 2 aliphatic heterocycles. The summed E-state index contributed by atoms with van der Waals surface area (Å²) in [7, 11) is 4.64. The molecule has 1 amide bonds. The van der Waals surface area contributed by atoms with Gasteiger partial charge in [0, 0.05) is 13.2 Å². The van der Waals surface area contributed by atoms with Crippen molar-refractivity contribution in [2.24, 2.45) is 0 Å². The lowest BCUT2D eigenvalue weighted by Crippen LogP contribution is -2.24. The fourth-order valence-electron chi connectivity index (χ4n) is 3.98. The van der Waals surface area contributed by atoms with E-state index in [4.69, 9.17) is 18.9 Å². The van der Waals surface area contributed by atoms with E-state index in [2.05, 4.69) is 10.4 Å². The Hall–Kier alpha value is -2.59. The molecule has 0 aliphatic carbocycles. The molecule has 0 spiro atoms. The maximum absolute atomic E-state index is 13.0. The average molecular weight is 436 g/mol. The molecule has 1 fully saturated rings. The molecular weight excluding hydrogens is 410 g/mol. The number of nitrogens with one attached hydrogen (secondary N) is 2. The number of hydrogen-bond donors (Lipinski definition) is 2. The zero-order valence-corrected chi connectivity index (χ0v) is 18.0. The number of carbonyl (C=O) groups is 1. The van der Waals surface area contributed by atoms with Crippen LogP contribution in [0, 0.1) is 0 Å². The van der Waals surface area contributed by atoms with Gasteiger partial charge in [-0.2, -0.15) is 0 Å². The highest BCUT2D eigenvalue weighted by Crippen LogP contribution is 2.46. The third-order valence-electron chi connectivity index (χ3n) is 5.41. The van der Waals surface area contributed by atoms with Gasteiger partial charge in [0.25, 0.3) is 5.56 Å². The van der Waals surface area contributed by atoms with Gasteiger partial charge in [0.15, 0.2) is 11.5 Å². The third kappa shape index (κ3) is 3.65. The van der Waals surface area contributed by atoms with E-state index in [9.17, 15) is 9.59 Å². The zero-order valence-electron chi connectivity index (χ0n) is 17.1. The monoisotopic (exact) mass is 435 g/mol. The Morgan fingerprint density at radius 2 is 1.73 bits per heavy atom. The van der Waals surface area contributed by atoms with E-state index in [-0.39, 0.29) is 28.5 Å². The summed E-state index contributed by atoms with van der Waals surface area (Å²) < 4.78 is 23.6. The molecule has 0 bridgehead atoms. The second kappa shape index (κ2) is 8.65. The summed E-state index contributed by atoms with van der Waals surface area (Å²) in [6.07, 6.45) is 1.55. The molecule has 30 heavy (non-hydrogen) atoms. The topological polar surface area (TPSA) is 104 Å². The highest BCUT2D eigenvalue weighted by molar-refractivity contribution is 8.00. The van der Waals surface area contributed by atoms with Crippen LogP contribution >= 0.6 is 11.8 Å². The predicted molar refractivity (Wildman–Crippen MR) is 113 cm³/mol. The molecule has 3 heterocycles. The standard InChI is InChI=1S/C20H25N3O6S/c1-26-13-8-11(9-14(27-2)17(13)28-3)18-16-19(21-15(24)10-30-18)23(22-20(16)25)12-4-6-29-7-5-12/h8-9,12,18H,4-7,10H2,1-3H3,(H,21,24)(H,22,25)/t18-/m1/s1. The number of thioether (sulfide) groups is 1. The van der Waals surface area contributed by atoms with E-state index in [0.29, 0.717) is 41.8 Å². The molecule has 10 heteroatoms. The van der Waals surface area contributed by atoms with E-state index >= 15 is 0 Å². The maximum Gasteiger partial charge on any atom is 0.270 e. The molecule has 2 aliphatic rings. The summed E-state index contributed by atoms with van der Waals surface area (Å²) in [6, 6.07) is 3.72. The van der Waals surface area contributed by atoms with Crippen LogP contribution in [0.2, 0.25) is 0 Å². The highest BCUT2D eigenvalue weighted by Gasteiger charge is 2.33. The molecule has 1 aromatic heterocycles. The Labute approximate surface area is 178 Å². The van der Waals surface area contributed by atoms with E-state index in [1.165, 1.54) is 11.8 Å². The van der Waals surface area contributed by atoms with Crippen LogP contribution in [-0.4, -0.2) is 56.0 Å². The van der Waals surface area contributed by atoms with Gasteiger partial charge in [-0.25, -0.2) is 0 Å². The number of aromatic amines is 1. The molecule has 0 radical (unpaired) electrons. The number of H-pyrrole nitrogens is 1. The van der Waals surface area contributed by atoms with Crippen molar-refractivity contribution >= 4 is 23.5 Å². The van der Waals surface area contributed by atoms with Crippen molar-refractivity contribution in [3.63, 3.8) is 0 Å². The summed E-state index contributed by atoms with van der Waals surface area (Å²) in [6.45, 7) is 1.25. The number of anilines is 1. The number of fused-ring (bicyclic) bond motifs is 1. The maximum atomic E-state index is 13.0. The summed E-state index contributed by atoms with van der Waals surface area (Å²) in [5.41, 5.74) is 1.10. The number of rotatable bonds is 5. The van der Waals surface area contributed by atoms with Crippen molar-refractivity contribution in [2.75, 3.05) is 45.6 Å². The van der Waals surface area contributed by atoms with Crippen LogP contribution in [0.25, 0.3) is 0 Å².